The van der Waals surface area contributed by atoms with Crippen molar-refractivity contribution in [2.75, 3.05) is 0 Å². The van der Waals surface area contributed by atoms with E-state index in [0.717, 1.165) is 5.56 Å². The summed E-state index contributed by atoms with van der Waals surface area (Å²) in [4.78, 5) is 11.2. The second kappa shape index (κ2) is 5.68. The molecule has 18 heavy (non-hydrogen) atoms. The van der Waals surface area contributed by atoms with Gasteiger partial charge in [-0.3, -0.25) is 4.79 Å². The average Bonchev–Trinajstić information content (AvgIpc) is 2.26. The molecule has 0 fully saturated rings. The van der Waals surface area contributed by atoms with Crippen LogP contribution in [0.25, 0.3) is 0 Å². The van der Waals surface area contributed by atoms with Gasteiger partial charge in [-0.1, -0.05) is 39.0 Å². The van der Waals surface area contributed by atoms with Crippen LogP contribution in [0, 0.1) is 18.3 Å². The Morgan fingerprint density at radius 1 is 1.39 bits per heavy atom. The van der Waals surface area contributed by atoms with Crippen molar-refractivity contribution in [1.82, 2.24) is 5.32 Å². The van der Waals surface area contributed by atoms with Gasteiger partial charge in [0.15, 0.2) is 0 Å². The quantitative estimate of drug-likeness (QED) is 0.888. The van der Waals surface area contributed by atoms with E-state index in [-0.39, 0.29) is 17.7 Å². The monoisotopic (exact) mass is 244 g/mol. The standard InChI is InChI=1S/C15H20N2O/c1-11-9-13(15(2,3)4)6-5-12(11)10-17-14(18)7-8-16/h5-6,9H,7,10H2,1-4H3,(H,17,18). The van der Waals surface area contributed by atoms with Crippen LogP contribution < -0.4 is 5.32 Å². The molecule has 1 rings (SSSR count). The van der Waals surface area contributed by atoms with Crippen molar-refractivity contribution in [3.05, 3.63) is 34.9 Å². The lowest BCUT2D eigenvalue weighted by atomic mass is 9.85. The second-order valence-corrected chi connectivity index (χ2v) is 5.50. The first kappa shape index (κ1) is 14.2. The number of rotatable bonds is 3. The van der Waals surface area contributed by atoms with Crippen molar-refractivity contribution in [2.24, 2.45) is 0 Å². The van der Waals surface area contributed by atoms with Gasteiger partial charge in [-0.05, 0) is 29.0 Å². The van der Waals surface area contributed by atoms with Crippen LogP contribution in [0.5, 0.6) is 0 Å². The number of carbonyl (C=O) groups is 1. The minimum atomic E-state index is -0.225. The van der Waals surface area contributed by atoms with Gasteiger partial charge in [0.1, 0.15) is 6.42 Å². The van der Waals surface area contributed by atoms with E-state index in [0.29, 0.717) is 6.54 Å². The Kier molecular flexibility index (Phi) is 4.49. The first-order chi connectivity index (χ1) is 8.34. The largest absolute Gasteiger partial charge is 0.351 e. The van der Waals surface area contributed by atoms with Gasteiger partial charge < -0.3 is 5.32 Å². The predicted molar refractivity (Wildman–Crippen MR) is 72.0 cm³/mol. The topological polar surface area (TPSA) is 52.9 Å². The molecule has 3 nitrogen and oxygen atoms in total. The molecule has 0 heterocycles. The average molecular weight is 244 g/mol. The fourth-order valence-electron chi connectivity index (χ4n) is 1.69. The molecule has 0 saturated heterocycles. The van der Waals surface area contributed by atoms with Gasteiger partial charge in [0, 0.05) is 6.54 Å². The number of nitriles is 1. The molecule has 0 bridgehead atoms. The molecule has 3 heteroatoms. The molecule has 0 aliphatic heterocycles. The van der Waals surface area contributed by atoms with Crippen molar-refractivity contribution in [3.63, 3.8) is 0 Å². The van der Waals surface area contributed by atoms with Crippen LogP contribution in [-0.2, 0) is 16.8 Å². The van der Waals surface area contributed by atoms with Gasteiger partial charge in [0.25, 0.3) is 0 Å². The number of nitrogens with zero attached hydrogens (tertiary/aromatic N) is 1. The van der Waals surface area contributed by atoms with Crippen LogP contribution in [-0.4, -0.2) is 5.91 Å². The van der Waals surface area contributed by atoms with Crippen LogP contribution >= 0.6 is 0 Å². The Hall–Kier alpha value is -1.82. The van der Waals surface area contributed by atoms with Crippen LogP contribution in [0.15, 0.2) is 18.2 Å². The Morgan fingerprint density at radius 2 is 2.06 bits per heavy atom. The maximum absolute atomic E-state index is 11.2. The van der Waals surface area contributed by atoms with Crippen LogP contribution in [0.3, 0.4) is 0 Å². The van der Waals surface area contributed by atoms with E-state index in [9.17, 15) is 4.79 Å². The van der Waals surface area contributed by atoms with E-state index in [2.05, 4.69) is 38.2 Å². The molecule has 1 amide bonds. The normalized spacial score (nSPS) is 10.8. The molecule has 0 atom stereocenters. The van der Waals surface area contributed by atoms with E-state index >= 15 is 0 Å². The number of amides is 1. The molecule has 1 aromatic rings. The molecule has 0 saturated carbocycles. The highest BCUT2D eigenvalue weighted by Gasteiger charge is 2.14. The summed E-state index contributed by atoms with van der Waals surface area (Å²) in [5.74, 6) is -0.225. The van der Waals surface area contributed by atoms with Crippen LogP contribution in [0.4, 0.5) is 0 Å². The Labute approximate surface area is 109 Å². The molecule has 0 spiro atoms. The lowest BCUT2D eigenvalue weighted by molar-refractivity contribution is -0.120. The molecule has 0 aromatic heterocycles. The third-order valence-corrected chi connectivity index (χ3v) is 2.92. The van der Waals surface area contributed by atoms with Crippen molar-refractivity contribution < 1.29 is 4.79 Å². The summed E-state index contributed by atoms with van der Waals surface area (Å²) < 4.78 is 0. The highest BCUT2D eigenvalue weighted by molar-refractivity contribution is 5.77. The van der Waals surface area contributed by atoms with Crippen LogP contribution in [0.2, 0.25) is 0 Å². The molecular formula is C15H20N2O. The minimum Gasteiger partial charge on any atom is -0.351 e. The Balaban J connectivity index is 2.75. The van der Waals surface area contributed by atoms with Gasteiger partial charge in [-0.25, -0.2) is 0 Å². The molecule has 1 N–H and O–H groups in total. The van der Waals surface area contributed by atoms with E-state index in [1.807, 2.05) is 19.1 Å². The second-order valence-electron chi connectivity index (χ2n) is 5.50. The zero-order valence-electron chi connectivity index (χ0n) is 11.5. The number of nitrogens with one attached hydrogen (secondary N) is 1. The van der Waals surface area contributed by atoms with E-state index in [1.54, 1.807) is 0 Å². The molecular weight excluding hydrogens is 224 g/mol. The summed E-state index contributed by atoms with van der Waals surface area (Å²) in [6.45, 7) is 9.06. The first-order valence-electron chi connectivity index (χ1n) is 6.08. The summed E-state index contributed by atoms with van der Waals surface area (Å²) >= 11 is 0. The van der Waals surface area contributed by atoms with Gasteiger partial charge in [0.05, 0.1) is 6.07 Å². The summed E-state index contributed by atoms with van der Waals surface area (Å²) in [6, 6.07) is 8.13. The van der Waals surface area contributed by atoms with Gasteiger partial charge in [0.2, 0.25) is 5.91 Å². The summed E-state index contributed by atoms with van der Waals surface area (Å²) in [6.07, 6.45) is -0.0842. The van der Waals surface area contributed by atoms with Gasteiger partial charge in [-0.15, -0.1) is 0 Å². The highest BCUT2D eigenvalue weighted by atomic mass is 16.1. The fourth-order valence-corrected chi connectivity index (χ4v) is 1.69. The van der Waals surface area contributed by atoms with E-state index < -0.39 is 0 Å². The first-order valence-corrected chi connectivity index (χ1v) is 6.08. The molecule has 0 radical (unpaired) electrons. The lowest BCUT2D eigenvalue weighted by Crippen LogP contribution is -2.22. The maximum Gasteiger partial charge on any atom is 0.234 e. The Morgan fingerprint density at radius 3 is 2.56 bits per heavy atom. The van der Waals surface area contributed by atoms with Crippen molar-refractivity contribution in [1.29, 1.82) is 5.26 Å². The van der Waals surface area contributed by atoms with Gasteiger partial charge >= 0.3 is 0 Å². The number of aryl methyl sites for hydroxylation is 1. The fraction of sp³-hybridized carbons (Fsp3) is 0.467. The summed E-state index contributed by atoms with van der Waals surface area (Å²) in [7, 11) is 0. The smallest absolute Gasteiger partial charge is 0.234 e. The SMILES string of the molecule is Cc1cc(C(C)(C)C)ccc1CNC(=O)CC#N. The van der Waals surface area contributed by atoms with E-state index in [1.165, 1.54) is 11.1 Å². The van der Waals surface area contributed by atoms with E-state index in [4.69, 9.17) is 5.26 Å². The molecule has 96 valence electrons. The Bertz CT molecular complexity index is 478. The summed E-state index contributed by atoms with van der Waals surface area (Å²) in [5.41, 5.74) is 3.67. The molecule has 0 aliphatic carbocycles. The minimum absolute atomic E-state index is 0.0842. The maximum atomic E-state index is 11.2. The zero-order valence-corrected chi connectivity index (χ0v) is 11.5. The number of carbonyl (C=O) groups excluding carboxylic acids is 1. The van der Waals surface area contributed by atoms with Crippen molar-refractivity contribution in [2.45, 2.75) is 46.1 Å². The lowest BCUT2D eigenvalue weighted by Gasteiger charge is -2.20. The summed E-state index contributed by atoms with van der Waals surface area (Å²) in [5, 5.41) is 11.1. The third kappa shape index (κ3) is 3.89. The number of hydrogen-bond acceptors (Lipinski definition) is 2. The van der Waals surface area contributed by atoms with Crippen LogP contribution in [0.1, 0.15) is 43.9 Å². The molecule has 0 unspecified atom stereocenters. The predicted octanol–water partition coefficient (Wildman–Crippen LogP) is 2.82. The van der Waals surface area contributed by atoms with Gasteiger partial charge in [-0.2, -0.15) is 5.26 Å². The molecule has 1 aromatic carbocycles. The third-order valence-electron chi connectivity index (χ3n) is 2.92. The zero-order chi connectivity index (χ0) is 13.8. The molecule has 0 aliphatic rings. The number of hydrogen-bond donors (Lipinski definition) is 1. The highest BCUT2D eigenvalue weighted by Crippen LogP contribution is 2.24. The van der Waals surface area contributed by atoms with Crippen molar-refractivity contribution in [3.8, 4) is 6.07 Å². The van der Waals surface area contributed by atoms with Crippen molar-refractivity contribution >= 4 is 5.91 Å². The number of benzene rings is 1.